The molecule has 0 bridgehead atoms. The summed E-state index contributed by atoms with van der Waals surface area (Å²) >= 11 is 0. The van der Waals surface area contributed by atoms with E-state index in [-0.39, 0.29) is 0 Å². The molecule has 6 heteroatoms. The van der Waals surface area contributed by atoms with Crippen molar-refractivity contribution in [2.75, 3.05) is 20.7 Å². The number of carbonyl (C=O) groups is 2. The molecule has 28 heavy (non-hydrogen) atoms. The Balaban J connectivity index is 0.000000300. The Hall–Kier alpha value is -3.12. The first-order chi connectivity index (χ1) is 13.4. The lowest BCUT2D eigenvalue weighted by molar-refractivity contribution is -0.134. The van der Waals surface area contributed by atoms with Gasteiger partial charge in [-0.1, -0.05) is 36.4 Å². The van der Waals surface area contributed by atoms with Crippen molar-refractivity contribution in [3.8, 4) is 5.75 Å². The minimum absolute atomic E-state index is 0.488. The minimum Gasteiger partial charge on any atom is -0.497 e. The van der Waals surface area contributed by atoms with Gasteiger partial charge in [-0.2, -0.15) is 0 Å². The molecule has 0 saturated heterocycles. The normalized spacial score (nSPS) is 16.4. The number of nitrogens with zero attached hydrogens (tertiary/aromatic N) is 1. The summed E-state index contributed by atoms with van der Waals surface area (Å²) in [6, 6.07) is 17.3. The number of hydrogen-bond donors (Lipinski definition) is 2. The highest BCUT2D eigenvalue weighted by atomic mass is 16.5. The van der Waals surface area contributed by atoms with Gasteiger partial charge in [0.25, 0.3) is 0 Å². The van der Waals surface area contributed by atoms with Gasteiger partial charge in [-0.15, -0.1) is 0 Å². The molecule has 1 aliphatic heterocycles. The molecule has 0 radical (unpaired) electrons. The van der Waals surface area contributed by atoms with Crippen LogP contribution in [0.15, 0.2) is 60.7 Å². The number of rotatable bonds is 4. The Morgan fingerprint density at radius 2 is 1.71 bits per heavy atom. The zero-order valence-electron chi connectivity index (χ0n) is 16.0. The standard InChI is InChI=1S/C18H21NO.C4H4O4/c1-19-11-10-18(14-6-4-3-5-7-14)17-9-8-16(20-2)12-15(17)13-19;5-3(6)1-2-4(7)8/h3-9,12,18H,10-11,13H2,1-2H3;1-2H,(H,5,6)(H,7,8)/b;2-1+. The average Bonchev–Trinajstić information content (AvgIpc) is 2.85. The van der Waals surface area contributed by atoms with Crippen molar-refractivity contribution in [3.63, 3.8) is 0 Å². The molecule has 0 saturated carbocycles. The lowest BCUT2D eigenvalue weighted by atomic mass is 9.86. The van der Waals surface area contributed by atoms with E-state index in [4.69, 9.17) is 14.9 Å². The topological polar surface area (TPSA) is 87.1 Å². The summed E-state index contributed by atoms with van der Waals surface area (Å²) in [5.74, 6) is -1.08. The molecule has 3 rings (SSSR count). The van der Waals surface area contributed by atoms with Crippen LogP contribution < -0.4 is 4.74 Å². The lowest BCUT2D eigenvalue weighted by Crippen LogP contribution is -2.17. The summed E-state index contributed by atoms with van der Waals surface area (Å²) in [5.41, 5.74) is 4.24. The number of benzene rings is 2. The predicted molar refractivity (Wildman–Crippen MR) is 107 cm³/mol. The number of fused-ring (bicyclic) bond motifs is 1. The van der Waals surface area contributed by atoms with Gasteiger partial charge >= 0.3 is 11.9 Å². The summed E-state index contributed by atoms with van der Waals surface area (Å²) in [7, 11) is 3.92. The molecule has 1 unspecified atom stereocenters. The Labute approximate surface area is 164 Å². The second kappa shape index (κ2) is 10.3. The van der Waals surface area contributed by atoms with Crippen molar-refractivity contribution in [2.45, 2.75) is 18.9 Å². The third kappa shape index (κ3) is 6.25. The first-order valence-electron chi connectivity index (χ1n) is 8.95. The summed E-state index contributed by atoms with van der Waals surface area (Å²) < 4.78 is 5.38. The molecule has 1 aliphatic rings. The van der Waals surface area contributed by atoms with Gasteiger partial charge in [0, 0.05) is 24.6 Å². The van der Waals surface area contributed by atoms with Crippen LogP contribution in [0.1, 0.15) is 29.0 Å². The van der Waals surface area contributed by atoms with Crippen LogP contribution in [-0.2, 0) is 16.1 Å². The lowest BCUT2D eigenvalue weighted by Gasteiger charge is -2.18. The maximum Gasteiger partial charge on any atom is 0.328 e. The van der Waals surface area contributed by atoms with Crippen molar-refractivity contribution in [3.05, 3.63) is 77.4 Å². The van der Waals surface area contributed by atoms with E-state index in [0.29, 0.717) is 18.1 Å². The number of methoxy groups -OCH3 is 1. The first-order valence-corrected chi connectivity index (χ1v) is 8.95. The van der Waals surface area contributed by atoms with Crippen molar-refractivity contribution in [1.29, 1.82) is 0 Å². The van der Waals surface area contributed by atoms with E-state index in [1.54, 1.807) is 7.11 Å². The molecule has 0 amide bonds. The van der Waals surface area contributed by atoms with Crippen molar-refractivity contribution in [2.24, 2.45) is 0 Å². The number of aliphatic carboxylic acids is 2. The molecule has 2 aromatic rings. The van der Waals surface area contributed by atoms with Crippen molar-refractivity contribution < 1.29 is 24.5 Å². The molecular weight excluding hydrogens is 358 g/mol. The van der Waals surface area contributed by atoms with E-state index in [2.05, 4.69) is 60.5 Å². The minimum atomic E-state index is -1.26. The summed E-state index contributed by atoms with van der Waals surface area (Å²) in [5, 5.41) is 15.6. The van der Waals surface area contributed by atoms with Gasteiger partial charge in [0.1, 0.15) is 5.75 Å². The van der Waals surface area contributed by atoms with Crippen LogP contribution in [0.3, 0.4) is 0 Å². The van der Waals surface area contributed by atoms with Crippen LogP contribution in [0.5, 0.6) is 5.75 Å². The largest absolute Gasteiger partial charge is 0.497 e. The third-order valence-electron chi connectivity index (χ3n) is 4.54. The maximum atomic E-state index is 9.55. The van der Waals surface area contributed by atoms with E-state index >= 15 is 0 Å². The van der Waals surface area contributed by atoms with Crippen LogP contribution in [0.4, 0.5) is 0 Å². The number of carboxylic acids is 2. The number of hydrogen-bond acceptors (Lipinski definition) is 4. The molecule has 0 aliphatic carbocycles. The summed E-state index contributed by atoms with van der Waals surface area (Å²) in [6.45, 7) is 2.12. The highest BCUT2D eigenvalue weighted by molar-refractivity contribution is 5.89. The molecule has 1 heterocycles. The van der Waals surface area contributed by atoms with Crippen LogP contribution in [0.2, 0.25) is 0 Å². The van der Waals surface area contributed by atoms with Gasteiger partial charge in [0.2, 0.25) is 0 Å². The van der Waals surface area contributed by atoms with Gasteiger partial charge in [-0.3, -0.25) is 0 Å². The molecule has 0 aromatic heterocycles. The zero-order chi connectivity index (χ0) is 20.5. The Morgan fingerprint density at radius 1 is 1.07 bits per heavy atom. The Kier molecular flexibility index (Phi) is 7.77. The first kappa shape index (κ1) is 21.2. The molecule has 6 nitrogen and oxygen atoms in total. The van der Waals surface area contributed by atoms with Gasteiger partial charge in [-0.25, -0.2) is 9.59 Å². The fourth-order valence-electron chi connectivity index (χ4n) is 3.23. The van der Waals surface area contributed by atoms with Gasteiger partial charge in [-0.05, 0) is 48.8 Å². The smallest absolute Gasteiger partial charge is 0.328 e. The maximum absolute atomic E-state index is 9.55. The van der Waals surface area contributed by atoms with E-state index in [1.165, 1.54) is 23.1 Å². The fraction of sp³-hybridized carbons (Fsp3) is 0.273. The summed E-state index contributed by atoms with van der Waals surface area (Å²) in [4.78, 5) is 21.5. The second-order valence-electron chi connectivity index (χ2n) is 6.56. The van der Waals surface area contributed by atoms with Crippen LogP contribution in [-0.4, -0.2) is 47.8 Å². The third-order valence-corrected chi connectivity index (χ3v) is 4.54. The molecule has 1 atom stereocenters. The Bertz CT molecular complexity index is 816. The number of ether oxygens (including phenoxy) is 1. The predicted octanol–water partition coefficient (Wildman–Crippen LogP) is 3.37. The van der Waals surface area contributed by atoms with Crippen LogP contribution in [0, 0.1) is 0 Å². The van der Waals surface area contributed by atoms with Gasteiger partial charge < -0.3 is 19.8 Å². The van der Waals surface area contributed by atoms with E-state index in [0.717, 1.165) is 18.8 Å². The monoisotopic (exact) mass is 383 g/mol. The molecule has 2 N–H and O–H groups in total. The second-order valence-corrected chi connectivity index (χ2v) is 6.56. The van der Waals surface area contributed by atoms with Gasteiger partial charge in [0.15, 0.2) is 0 Å². The Morgan fingerprint density at radius 3 is 2.29 bits per heavy atom. The fourth-order valence-corrected chi connectivity index (χ4v) is 3.23. The molecule has 148 valence electrons. The number of carboxylic acid groups (broad SMARTS) is 2. The van der Waals surface area contributed by atoms with E-state index < -0.39 is 11.9 Å². The molecule has 2 aromatic carbocycles. The van der Waals surface area contributed by atoms with E-state index in [9.17, 15) is 9.59 Å². The van der Waals surface area contributed by atoms with Gasteiger partial charge in [0.05, 0.1) is 7.11 Å². The zero-order valence-corrected chi connectivity index (χ0v) is 16.0. The van der Waals surface area contributed by atoms with Crippen LogP contribution in [0.25, 0.3) is 0 Å². The SMILES string of the molecule is COc1ccc2c(c1)CN(C)CCC2c1ccccc1.O=C(O)/C=C/C(=O)O. The average molecular weight is 383 g/mol. The molecular formula is C22H25NO5. The van der Waals surface area contributed by atoms with Crippen molar-refractivity contribution in [1.82, 2.24) is 4.90 Å². The quantitative estimate of drug-likeness (QED) is 0.787. The summed E-state index contributed by atoms with van der Waals surface area (Å²) in [6.07, 6.45) is 2.28. The molecule has 0 fully saturated rings. The highest BCUT2D eigenvalue weighted by Gasteiger charge is 2.22. The van der Waals surface area contributed by atoms with E-state index in [1.807, 2.05) is 0 Å². The van der Waals surface area contributed by atoms with Crippen LogP contribution >= 0.6 is 0 Å². The van der Waals surface area contributed by atoms with Crippen molar-refractivity contribution >= 4 is 11.9 Å². The molecule has 0 spiro atoms. The highest BCUT2D eigenvalue weighted by Crippen LogP contribution is 2.35.